The summed E-state index contributed by atoms with van der Waals surface area (Å²) in [4.78, 5) is 25.1. The molecule has 0 radical (unpaired) electrons. The summed E-state index contributed by atoms with van der Waals surface area (Å²) in [5, 5.41) is 14.9. The number of aromatic nitrogens is 12. The number of halogens is 6. The molecule has 0 spiro atoms. The van der Waals surface area contributed by atoms with Crippen LogP contribution in [0.15, 0.2) is 61.2 Å². The Morgan fingerprint density at radius 2 is 0.938 bits per heavy atom. The number of sulfone groups is 2. The molecule has 6 atom stereocenters. The standard InChI is InChI=1S/2C20H21ClF2N6O2S/c2*1-11-5-4-6-15(26-11)19-28-27-17(29(19)16-7-20(16,22)23)10-32(30,31)13(3)12(2)18-24-8-14(21)9-25-18/h2*4-6,8-9,12-13,16H,7,10H2,1-3H3/t2*12-,13-,16?/m00/s1. The number of rotatable bonds is 14. The van der Waals surface area contributed by atoms with E-state index in [0.717, 1.165) is 0 Å². The smallest absolute Gasteiger partial charge is 0.270 e. The average Bonchev–Trinajstić information content (AvgIpc) is 3.88. The first-order valence-corrected chi connectivity index (χ1v) is 24.1. The van der Waals surface area contributed by atoms with Gasteiger partial charge in [0, 0.05) is 60.9 Å². The fourth-order valence-electron chi connectivity index (χ4n) is 6.92. The Balaban J connectivity index is 0.000000191. The maximum atomic E-state index is 14.0. The molecule has 0 N–H and O–H groups in total. The van der Waals surface area contributed by atoms with Crippen molar-refractivity contribution in [3.63, 3.8) is 0 Å². The second kappa shape index (κ2) is 17.7. The van der Waals surface area contributed by atoms with Crippen molar-refractivity contribution in [2.45, 2.75) is 112 Å². The number of nitrogens with zero attached hydrogens (tertiary/aromatic N) is 12. The summed E-state index contributed by atoms with van der Waals surface area (Å²) in [6, 6.07) is 7.86. The van der Waals surface area contributed by atoms with Crippen molar-refractivity contribution in [3.8, 4) is 23.0 Å². The molecule has 8 rings (SSSR count). The molecule has 2 aliphatic carbocycles. The molecule has 0 saturated heterocycles. The molecule has 2 aliphatic rings. The van der Waals surface area contributed by atoms with E-state index >= 15 is 0 Å². The van der Waals surface area contributed by atoms with E-state index in [1.54, 1.807) is 64.1 Å². The zero-order valence-corrected chi connectivity index (χ0v) is 38.3. The quantitative estimate of drug-likeness (QED) is 0.0966. The molecule has 24 heteroatoms. The molecular weight excluding hydrogens is 924 g/mol. The van der Waals surface area contributed by atoms with Crippen molar-refractivity contribution in [1.82, 2.24) is 59.4 Å². The maximum absolute atomic E-state index is 14.0. The van der Waals surface area contributed by atoms with Crippen LogP contribution in [0.25, 0.3) is 23.0 Å². The van der Waals surface area contributed by atoms with Gasteiger partial charge in [0.1, 0.15) is 58.3 Å². The molecule has 2 unspecified atom stereocenters. The van der Waals surface area contributed by atoms with E-state index in [4.69, 9.17) is 23.2 Å². The lowest BCUT2D eigenvalue weighted by Gasteiger charge is -2.19. The molecule has 6 aromatic rings. The van der Waals surface area contributed by atoms with Crippen LogP contribution in [0.3, 0.4) is 0 Å². The fraction of sp³-hybridized carbons (Fsp3) is 0.450. The first-order valence-electron chi connectivity index (χ1n) is 19.9. The van der Waals surface area contributed by atoms with Gasteiger partial charge in [-0.2, -0.15) is 0 Å². The van der Waals surface area contributed by atoms with Crippen LogP contribution in [-0.2, 0) is 31.2 Å². The zero-order valence-electron chi connectivity index (χ0n) is 35.1. The highest BCUT2D eigenvalue weighted by Crippen LogP contribution is 2.55. The van der Waals surface area contributed by atoms with Crippen LogP contribution >= 0.6 is 23.2 Å². The molecule has 0 bridgehead atoms. The Hall–Kier alpha value is -5.06. The van der Waals surface area contributed by atoms with Crippen LogP contribution in [0.1, 0.15) is 99.1 Å². The van der Waals surface area contributed by atoms with Crippen LogP contribution in [0, 0.1) is 13.8 Å². The minimum absolute atomic E-state index is 0.0402. The summed E-state index contributed by atoms with van der Waals surface area (Å²) >= 11 is 11.6. The van der Waals surface area contributed by atoms with Crippen LogP contribution in [-0.4, -0.2) is 98.6 Å². The van der Waals surface area contributed by atoms with E-state index in [-0.39, 0.29) is 23.3 Å². The third kappa shape index (κ3) is 10.1. The number of pyridine rings is 2. The molecule has 0 aromatic carbocycles. The summed E-state index contributed by atoms with van der Waals surface area (Å²) in [5.74, 6) is -7.26. The van der Waals surface area contributed by atoms with Gasteiger partial charge < -0.3 is 0 Å². The van der Waals surface area contributed by atoms with Crippen molar-refractivity contribution < 1.29 is 34.4 Å². The summed E-state index contributed by atoms with van der Waals surface area (Å²) in [6.45, 7) is 9.98. The highest BCUT2D eigenvalue weighted by molar-refractivity contribution is 7.91. The highest BCUT2D eigenvalue weighted by Gasteiger charge is 2.61. The number of hydrogen-bond donors (Lipinski definition) is 0. The lowest BCUT2D eigenvalue weighted by atomic mass is 10.1. The lowest BCUT2D eigenvalue weighted by molar-refractivity contribution is 0.0998. The summed E-state index contributed by atoms with van der Waals surface area (Å²) in [6.07, 6.45) is 4.78. The first-order chi connectivity index (χ1) is 30.0. The van der Waals surface area contributed by atoms with Gasteiger partial charge in [0.2, 0.25) is 0 Å². The molecule has 64 heavy (non-hydrogen) atoms. The maximum Gasteiger partial charge on any atom is 0.270 e. The van der Waals surface area contributed by atoms with Gasteiger partial charge in [0.25, 0.3) is 11.8 Å². The predicted molar refractivity (Wildman–Crippen MR) is 228 cm³/mol. The van der Waals surface area contributed by atoms with E-state index in [9.17, 15) is 34.4 Å². The van der Waals surface area contributed by atoms with Gasteiger partial charge in [-0.3, -0.25) is 9.13 Å². The van der Waals surface area contributed by atoms with Crippen LogP contribution in [0.2, 0.25) is 10.0 Å². The fourth-order valence-corrected chi connectivity index (χ4v) is 10.2. The summed E-state index contributed by atoms with van der Waals surface area (Å²) in [7, 11) is -7.63. The minimum Gasteiger partial charge on any atom is -0.299 e. The Morgan fingerprint density at radius 1 is 0.609 bits per heavy atom. The van der Waals surface area contributed by atoms with Crippen LogP contribution in [0.4, 0.5) is 17.6 Å². The van der Waals surface area contributed by atoms with E-state index in [0.29, 0.717) is 44.5 Å². The Kier molecular flexibility index (Phi) is 13.0. The average molecular weight is 966 g/mol. The van der Waals surface area contributed by atoms with E-state index < -0.39 is 90.3 Å². The molecule has 0 aliphatic heterocycles. The molecule has 2 saturated carbocycles. The van der Waals surface area contributed by atoms with Crippen LogP contribution < -0.4 is 0 Å². The molecule has 2 fully saturated rings. The third-order valence-corrected chi connectivity index (χ3v) is 16.1. The van der Waals surface area contributed by atoms with Crippen molar-refractivity contribution in [2.75, 3.05) is 0 Å². The van der Waals surface area contributed by atoms with Gasteiger partial charge in [-0.15, -0.1) is 20.4 Å². The van der Waals surface area contributed by atoms with Crippen molar-refractivity contribution >= 4 is 42.9 Å². The van der Waals surface area contributed by atoms with Crippen molar-refractivity contribution in [3.05, 3.63) is 106 Å². The van der Waals surface area contributed by atoms with E-state index in [2.05, 4.69) is 50.3 Å². The predicted octanol–water partition coefficient (Wildman–Crippen LogP) is 7.56. The minimum atomic E-state index is -3.82. The van der Waals surface area contributed by atoms with Gasteiger partial charge in [-0.25, -0.2) is 64.3 Å². The Labute approximate surface area is 376 Å². The van der Waals surface area contributed by atoms with Crippen molar-refractivity contribution in [1.29, 1.82) is 0 Å². The molecule has 16 nitrogen and oxygen atoms in total. The van der Waals surface area contributed by atoms with Crippen LogP contribution in [0.5, 0.6) is 0 Å². The Morgan fingerprint density at radius 3 is 1.23 bits per heavy atom. The largest absolute Gasteiger partial charge is 0.299 e. The van der Waals surface area contributed by atoms with E-state index in [1.807, 2.05) is 0 Å². The third-order valence-electron chi connectivity index (χ3n) is 11.3. The molecular formula is C40H42Cl2F4N12O4S2. The monoisotopic (exact) mass is 964 g/mol. The van der Waals surface area contributed by atoms with Crippen molar-refractivity contribution in [2.24, 2.45) is 0 Å². The second-order valence-corrected chi connectivity index (χ2v) is 21.6. The topological polar surface area (TPSA) is 207 Å². The van der Waals surface area contributed by atoms with E-state index in [1.165, 1.54) is 47.8 Å². The van der Waals surface area contributed by atoms with Gasteiger partial charge >= 0.3 is 0 Å². The second-order valence-electron chi connectivity index (χ2n) is 16.0. The number of alkyl halides is 4. The van der Waals surface area contributed by atoms with Gasteiger partial charge in [-0.05, 0) is 52.0 Å². The van der Waals surface area contributed by atoms with Gasteiger partial charge in [0.05, 0.1) is 20.5 Å². The van der Waals surface area contributed by atoms with Gasteiger partial charge in [-0.1, -0.05) is 49.2 Å². The summed E-state index contributed by atoms with van der Waals surface area (Å²) in [5.41, 5.74) is 2.08. The Bertz CT molecular complexity index is 2690. The highest BCUT2D eigenvalue weighted by atomic mass is 35.5. The summed E-state index contributed by atoms with van der Waals surface area (Å²) < 4.78 is 111. The normalized spacial score (nSPS) is 19.5. The number of aryl methyl sites for hydroxylation is 2. The lowest BCUT2D eigenvalue weighted by Crippen LogP contribution is -2.27. The SMILES string of the molecule is Cc1cccc(-c2nnc(CS(=O)(=O)[C@@H](C)[C@H](C)c3ncc(Cl)cn3)n2C2CC2(F)F)n1.Cc1cccc(-c2nnc(CS(=O)(=O)[C@@H](C)[C@H](C)c3ncc(Cl)cn3)n2C2CC2(F)F)n1. The zero-order chi connectivity index (χ0) is 46.5. The first kappa shape index (κ1) is 46.9. The molecule has 340 valence electrons. The molecule has 6 aromatic heterocycles. The van der Waals surface area contributed by atoms with Gasteiger partial charge in [0.15, 0.2) is 31.3 Å². The molecule has 0 amide bonds. The number of hydrogen-bond acceptors (Lipinski definition) is 14. The molecule has 6 heterocycles.